The maximum absolute atomic E-state index is 8.65. The predicted molar refractivity (Wildman–Crippen MR) is 66.3 cm³/mol. The molecule has 0 amide bonds. The first-order chi connectivity index (χ1) is 7.70. The van der Waals surface area contributed by atoms with Crippen LogP contribution in [0.5, 0.6) is 0 Å². The van der Waals surface area contributed by atoms with Gasteiger partial charge in [0, 0.05) is 0 Å². The van der Waals surface area contributed by atoms with Crippen LogP contribution < -0.4 is 0 Å². The van der Waals surface area contributed by atoms with Crippen molar-refractivity contribution in [2.45, 2.75) is 20.3 Å². The standard InChI is InChI=1S/C13H12N2S/c1-9-4-3-5-11(8-9)13-10(2)15-12(16-13)6-7-14/h3-5,8H,6H2,1-2H3. The fourth-order valence-corrected chi connectivity index (χ4v) is 2.64. The van der Waals surface area contributed by atoms with Crippen LogP contribution in [0.4, 0.5) is 0 Å². The predicted octanol–water partition coefficient (Wildman–Crippen LogP) is 3.49. The van der Waals surface area contributed by atoms with Crippen LogP contribution in [0.3, 0.4) is 0 Å². The molecule has 2 aromatic rings. The number of aromatic nitrogens is 1. The van der Waals surface area contributed by atoms with Gasteiger partial charge in [-0.1, -0.05) is 29.8 Å². The van der Waals surface area contributed by atoms with Gasteiger partial charge in [0.15, 0.2) is 0 Å². The Labute approximate surface area is 99.2 Å². The summed E-state index contributed by atoms with van der Waals surface area (Å²) in [5, 5.41) is 9.55. The molecule has 0 bridgehead atoms. The number of thiazole rings is 1. The summed E-state index contributed by atoms with van der Waals surface area (Å²) < 4.78 is 0. The van der Waals surface area contributed by atoms with Crippen LogP contribution in [0, 0.1) is 25.2 Å². The van der Waals surface area contributed by atoms with Gasteiger partial charge in [-0.05, 0) is 19.4 Å². The first-order valence-corrected chi connectivity index (χ1v) is 5.92. The second-order valence-corrected chi connectivity index (χ2v) is 4.81. The molecule has 16 heavy (non-hydrogen) atoms. The van der Waals surface area contributed by atoms with E-state index in [9.17, 15) is 0 Å². The highest BCUT2D eigenvalue weighted by molar-refractivity contribution is 7.15. The van der Waals surface area contributed by atoms with Crippen molar-refractivity contribution in [1.82, 2.24) is 4.98 Å². The summed E-state index contributed by atoms with van der Waals surface area (Å²) in [7, 11) is 0. The number of benzene rings is 1. The molecular formula is C13H12N2S. The third kappa shape index (κ3) is 2.12. The van der Waals surface area contributed by atoms with Crippen LogP contribution in [0.15, 0.2) is 24.3 Å². The summed E-state index contributed by atoms with van der Waals surface area (Å²) in [6, 6.07) is 10.5. The van der Waals surface area contributed by atoms with Crippen molar-refractivity contribution < 1.29 is 0 Å². The number of nitriles is 1. The van der Waals surface area contributed by atoms with Gasteiger partial charge in [-0.25, -0.2) is 4.98 Å². The Morgan fingerprint density at radius 1 is 1.38 bits per heavy atom. The lowest BCUT2D eigenvalue weighted by atomic mass is 10.1. The minimum Gasteiger partial charge on any atom is -0.245 e. The van der Waals surface area contributed by atoms with E-state index in [-0.39, 0.29) is 0 Å². The lowest BCUT2D eigenvalue weighted by Gasteiger charge is -1.99. The first-order valence-electron chi connectivity index (χ1n) is 5.11. The van der Waals surface area contributed by atoms with Gasteiger partial charge < -0.3 is 0 Å². The molecule has 80 valence electrons. The Kier molecular flexibility index (Phi) is 3.02. The number of hydrogen-bond donors (Lipinski definition) is 0. The number of nitrogens with zero attached hydrogens (tertiary/aromatic N) is 2. The highest BCUT2D eigenvalue weighted by Crippen LogP contribution is 2.30. The lowest BCUT2D eigenvalue weighted by molar-refractivity contribution is 1.14. The maximum Gasteiger partial charge on any atom is 0.108 e. The molecule has 0 aliphatic heterocycles. The zero-order valence-corrected chi connectivity index (χ0v) is 10.1. The Balaban J connectivity index is 2.44. The Hall–Kier alpha value is -1.66. The topological polar surface area (TPSA) is 36.7 Å². The molecule has 2 nitrogen and oxygen atoms in total. The molecule has 0 radical (unpaired) electrons. The van der Waals surface area contributed by atoms with Gasteiger partial charge in [0.05, 0.1) is 23.1 Å². The highest BCUT2D eigenvalue weighted by atomic mass is 32.1. The Bertz CT molecular complexity index is 549. The molecule has 2 rings (SSSR count). The van der Waals surface area contributed by atoms with Crippen molar-refractivity contribution in [3.05, 3.63) is 40.5 Å². The van der Waals surface area contributed by atoms with Crippen molar-refractivity contribution in [2.24, 2.45) is 0 Å². The molecule has 0 aliphatic rings. The third-order valence-corrected chi connectivity index (χ3v) is 3.56. The molecule has 1 aromatic heterocycles. The summed E-state index contributed by atoms with van der Waals surface area (Å²) in [6.45, 7) is 4.07. The monoisotopic (exact) mass is 228 g/mol. The molecule has 0 unspecified atom stereocenters. The summed E-state index contributed by atoms with van der Waals surface area (Å²) >= 11 is 1.61. The molecular weight excluding hydrogens is 216 g/mol. The van der Waals surface area contributed by atoms with Gasteiger partial charge in [0.2, 0.25) is 0 Å². The second kappa shape index (κ2) is 4.46. The van der Waals surface area contributed by atoms with Gasteiger partial charge >= 0.3 is 0 Å². The van der Waals surface area contributed by atoms with Crippen molar-refractivity contribution in [1.29, 1.82) is 5.26 Å². The highest BCUT2D eigenvalue weighted by Gasteiger charge is 2.09. The summed E-state index contributed by atoms with van der Waals surface area (Å²) in [6.07, 6.45) is 0.400. The minimum atomic E-state index is 0.400. The SMILES string of the molecule is Cc1cccc(-c2sc(CC#N)nc2C)c1. The van der Waals surface area contributed by atoms with E-state index in [1.54, 1.807) is 11.3 Å². The van der Waals surface area contributed by atoms with E-state index >= 15 is 0 Å². The van der Waals surface area contributed by atoms with Crippen LogP contribution in [0.1, 0.15) is 16.3 Å². The Morgan fingerprint density at radius 2 is 2.19 bits per heavy atom. The molecule has 0 saturated heterocycles. The average molecular weight is 228 g/mol. The zero-order chi connectivity index (χ0) is 11.5. The van der Waals surface area contributed by atoms with Gasteiger partial charge in [0.1, 0.15) is 5.01 Å². The lowest BCUT2D eigenvalue weighted by Crippen LogP contribution is -1.80. The van der Waals surface area contributed by atoms with Gasteiger partial charge in [-0.2, -0.15) is 5.26 Å². The quantitative estimate of drug-likeness (QED) is 0.788. The van der Waals surface area contributed by atoms with Gasteiger partial charge in [-0.3, -0.25) is 0 Å². The molecule has 0 atom stereocenters. The normalized spacial score (nSPS) is 10.1. The van der Waals surface area contributed by atoms with Crippen LogP contribution in [0.25, 0.3) is 10.4 Å². The molecule has 0 N–H and O–H groups in total. The van der Waals surface area contributed by atoms with Crippen LogP contribution in [0.2, 0.25) is 0 Å². The molecule has 3 heteroatoms. The van der Waals surface area contributed by atoms with Gasteiger partial charge in [-0.15, -0.1) is 11.3 Å². The van der Waals surface area contributed by atoms with Crippen LogP contribution >= 0.6 is 11.3 Å². The average Bonchev–Trinajstić information content (AvgIpc) is 2.60. The molecule has 0 spiro atoms. The van der Waals surface area contributed by atoms with E-state index < -0.39 is 0 Å². The smallest absolute Gasteiger partial charge is 0.108 e. The van der Waals surface area contributed by atoms with Crippen molar-refractivity contribution in [3.63, 3.8) is 0 Å². The van der Waals surface area contributed by atoms with Crippen LogP contribution in [-0.4, -0.2) is 4.98 Å². The van der Waals surface area contributed by atoms with Crippen molar-refractivity contribution >= 4 is 11.3 Å². The molecule has 0 fully saturated rings. The van der Waals surface area contributed by atoms with E-state index in [0.29, 0.717) is 6.42 Å². The number of rotatable bonds is 2. The van der Waals surface area contributed by atoms with E-state index in [0.717, 1.165) is 10.7 Å². The maximum atomic E-state index is 8.65. The molecule has 1 aromatic carbocycles. The second-order valence-electron chi connectivity index (χ2n) is 3.73. The third-order valence-electron chi connectivity index (χ3n) is 2.35. The zero-order valence-electron chi connectivity index (χ0n) is 9.32. The number of hydrogen-bond acceptors (Lipinski definition) is 3. The molecule has 0 saturated carbocycles. The first kappa shape index (κ1) is 10.8. The van der Waals surface area contributed by atoms with E-state index in [2.05, 4.69) is 36.2 Å². The summed E-state index contributed by atoms with van der Waals surface area (Å²) in [5.74, 6) is 0. The van der Waals surface area contributed by atoms with E-state index in [1.165, 1.54) is 16.0 Å². The molecule has 0 aliphatic carbocycles. The fraction of sp³-hybridized carbons (Fsp3) is 0.231. The van der Waals surface area contributed by atoms with Crippen molar-refractivity contribution in [2.75, 3.05) is 0 Å². The van der Waals surface area contributed by atoms with E-state index in [4.69, 9.17) is 5.26 Å². The van der Waals surface area contributed by atoms with E-state index in [1.807, 2.05) is 13.0 Å². The van der Waals surface area contributed by atoms with Crippen molar-refractivity contribution in [3.8, 4) is 16.5 Å². The summed E-state index contributed by atoms with van der Waals surface area (Å²) in [4.78, 5) is 5.58. The fourth-order valence-electron chi connectivity index (χ4n) is 1.65. The largest absolute Gasteiger partial charge is 0.245 e. The summed E-state index contributed by atoms with van der Waals surface area (Å²) in [5.41, 5.74) is 3.45. The van der Waals surface area contributed by atoms with Crippen LogP contribution in [-0.2, 0) is 6.42 Å². The number of aryl methyl sites for hydroxylation is 2. The molecule has 1 heterocycles. The Morgan fingerprint density at radius 3 is 2.88 bits per heavy atom. The minimum absolute atomic E-state index is 0.400. The van der Waals surface area contributed by atoms with Gasteiger partial charge in [0.25, 0.3) is 0 Å².